The second-order valence-electron chi connectivity index (χ2n) is 8.16. The van der Waals surface area contributed by atoms with Crippen molar-refractivity contribution in [1.29, 1.82) is 0 Å². The molecule has 4 aromatic rings. The summed E-state index contributed by atoms with van der Waals surface area (Å²) in [6.45, 7) is 0. The van der Waals surface area contributed by atoms with Crippen molar-refractivity contribution in [2.45, 2.75) is 29.3 Å². The van der Waals surface area contributed by atoms with Gasteiger partial charge in [-0.25, -0.2) is 13.1 Å². The van der Waals surface area contributed by atoms with Crippen LogP contribution in [0, 0.1) is 0 Å². The van der Waals surface area contributed by atoms with Crippen molar-refractivity contribution in [2.24, 2.45) is 0 Å². The number of nitrogens with zero attached hydrogens (tertiary/aromatic N) is 4. The van der Waals surface area contributed by atoms with Crippen molar-refractivity contribution in [3.63, 3.8) is 0 Å². The number of halogens is 5. The van der Waals surface area contributed by atoms with Crippen LogP contribution in [0.15, 0.2) is 57.8 Å². The zero-order valence-electron chi connectivity index (χ0n) is 17.8. The molecule has 1 saturated carbocycles. The number of hydrogen-bond acceptors (Lipinski definition) is 6. The Morgan fingerprint density at radius 2 is 1.69 bits per heavy atom. The van der Waals surface area contributed by atoms with Crippen LogP contribution in [-0.2, 0) is 15.3 Å². The Hall–Kier alpha value is -2.89. The monoisotopic (exact) mass is 542 g/mol. The Morgan fingerprint density at radius 1 is 1.03 bits per heavy atom. The fraction of sp³-hybridized carbons (Fsp3) is 0.227. The van der Waals surface area contributed by atoms with E-state index in [2.05, 4.69) is 15.3 Å². The number of benzene rings is 2. The van der Waals surface area contributed by atoms with Gasteiger partial charge in [-0.3, -0.25) is 0 Å². The van der Waals surface area contributed by atoms with E-state index in [-0.39, 0.29) is 34.1 Å². The first-order chi connectivity index (χ1) is 16.4. The van der Waals surface area contributed by atoms with Crippen molar-refractivity contribution in [1.82, 2.24) is 20.0 Å². The number of hydrogen-bond donors (Lipinski definition) is 0. The molecule has 0 N–H and O–H groups in total. The minimum absolute atomic E-state index is 0.115. The van der Waals surface area contributed by atoms with Crippen LogP contribution in [-0.4, -0.2) is 40.8 Å². The highest BCUT2D eigenvalue weighted by molar-refractivity contribution is 7.91. The maximum atomic E-state index is 13.6. The molecule has 2 aromatic heterocycles. The first-order valence-corrected chi connectivity index (χ1v) is 12.8. The van der Waals surface area contributed by atoms with Gasteiger partial charge in [-0.05, 0) is 37.1 Å². The fourth-order valence-corrected chi connectivity index (χ4v) is 5.19. The SMILES string of the molecule is CS(=O)(=O)c1c(-c2nnc(C3(C(F)(F)F)CC3)o2)nn(-c2ccccc2Cl)c1-c1ccc(Cl)cc1. The van der Waals surface area contributed by atoms with E-state index in [1.165, 1.54) is 4.68 Å². The van der Waals surface area contributed by atoms with E-state index >= 15 is 0 Å². The molecule has 0 atom stereocenters. The van der Waals surface area contributed by atoms with Crippen LogP contribution in [0.2, 0.25) is 10.0 Å². The number of para-hydroxylation sites is 1. The average Bonchev–Trinajstić information content (AvgIpc) is 3.29. The summed E-state index contributed by atoms with van der Waals surface area (Å²) in [6, 6.07) is 12.9. The van der Waals surface area contributed by atoms with Crippen LogP contribution in [0.25, 0.3) is 28.5 Å². The molecule has 5 rings (SSSR count). The van der Waals surface area contributed by atoms with E-state index in [0.29, 0.717) is 16.3 Å². The van der Waals surface area contributed by atoms with E-state index < -0.39 is 33.2 Å². The van der Waals surface area contributed by atoms with Gasteiger partial charge in [0.25, 0.3) is 5.89 Å². The minimum Gasteiger partial charge on any atom is -0.418 e. The number of alkyl halides is 3. The van der Waals surface area contributed by atoms with Gasteiger partial charge >= 0.3 is 6.18 Å². The van der Waals surface area contributed by atoms with Crippen LogP contribution >= 0.6 is 23.2 Å². The number of sulfone groups is 1. The smallest absolute Gasteiger partial charge is 0.403 e. The van der Waals surface area contributed by atoms with E-state index in [1.54, 1.807) is 48.5 Å². The van der Waals surface area contributed by atoms with Crippen molar-refractivity contribution in [2.75, 3.05) is 6.26 Å². The Kier molecular flexibility index (Phi) is 5.50. The molecule has 0 saturated heterocycles. The molecule has 2 aromatic carbocycles. The zero-order chi connectivity index (χ0) is 25.2. The molecule has 2 heterocycles. The van der Waals surface area contributed by atoms with Crippen LogP contribution in [0.5, 0.6) is 0 Å². The van der Waals surface area contributed by atoms with Crippen molar-refractivity contribution >= 4 is 33.0 Å². The van der Waals surface area contributed by atoms with Crippen molar-refractivity contribution < 1.29 is 26.0 Å². The summed E-state index contributed by atoms with van der Waals surface area (Å²) in [5.41, 5.74) is -1.64. The molecule has 0 spiro atoms. The molecule has 1 fully saturated rings. The molecule has 0 unspecified atom stereocenters. The first kappa shape index (κ1) is 23.8. The Balaban J connectivity index is 1.80. The molecule has 182 valence electrons. The van der Waals surface area contributed by atoms with Gasteiger partial charge in [0.2, 0.25) is 5.89 Å². The summed E-state index contributed by atoms with van der Waals surface area (Å²) in [5, 5.41) is 12.4. The van der Waals surface area contributed by atoms with Gasteiger partial charge in [0, 0.05) is 16.8 Å². The Morgan fingerprint density at radius 3 is 2.26 bits per heavy atom. The second kappa shape index (κ2) is 8.07. The molecule has 0 radical (unpaired) electrons. The predicted octanol–water partition coefficient (Wildman–Crippen LogP) is 5.89. The molecule has 13 heteroatoms. The molecule has 0 aliphatic heterocycles. The highest BCUT2D eigenvalue weighted by Gasteiger charge is 2.68. The summed E-state index contributed by atoms with van der Waals surface area (Å²) in [7, 11) is -4.02. The molecule has 1 aliphatic carbocycles. The topological polar surface area (TPSA) is 90.9 Å². The number of rotatable bonds is 5. The maximum Gasteiger partial charge on any atom is 0.403 e. The maximum absolute atomic E-state index is 13.6. The van der Waals surface area contributed by atoms with Crippen LogP contribution in [0.4, 0.5) is 13.2 Å². The average molecular weight is 543 g/mol. The molecule has 0 amide bonds. The second-order valence-corrected chi connectivity index (χ2v) is 11.0. The normalized spacial score (nSPS) is 15.4. The molecular formula is C22H15Cl2F3N4O3S. The lowest BCUT2D eigenvalue weighted by Crippen LogP contribution is -2.28. The Labute approximate surface area is 207 Å². The van der Waals surface area contributed by atoms with Gasteiger partial charge in [0.15, 0.2) is 15.5 Å². The molecule has 0 bridgehead atoms. The van der Waals surface area contributed by atoms with Gasteiger partial charge < -0.3 is 4.42 Å². The summed E-state index contributed by atoms with van der Waals surface area (Å²) in [4.78, 5) is -0.299. The highest BCUT2D eigenvalue weighted by atomic mass is 35.5. The third kappa shape index (κ3) is 4.01. The number of aromatic nitrogens is 4. The lowest BCUT2D eigenvalue weighted by Gasteiger charge is -2.14. The van der Waals surface area contributed by atoms with Crippen LogP contribution in [0.3, 0.4) is 0 Å². The van der Waals surface area contributed by atoms with Gasteiger partial charge in [0.1, 0.15) is 10.3 Å². The summed E-state index contributed by atoms with van der Waals surface area (Å²) in [5.74, 6) is -1.07. The first-order valence-electron chi connectivity index (χ1n) is 10.2. The highest BCUT2D eigenvalue weighted by Crippen LogP contribution is 2.58. The summed E-state index contributed by atoms with van der Waals surface area (Å²) in [6.07, 6.45) is -4.01. The third-order valence-electron chi connectivity index (χ3n) is 5.74. The van der Waals surface area contributed by atoms with E-state index in [1.807, 2.05) is 0 Å². The molecule has 1 aliphatic rings. The minimum atomic E-state index is -4.58. The molecule has 35 heavy (non-hydrogen) atoms. The summed E-state index contributed by atoms with van der Waals surface area (Å²) >= 11 is 12.4. The quantitative estimate of drug-likeness (QED) is 0.312. The predicted molar refractivity (Wildman–Crippen MR) is 122 cm³/mol. The lowest BCUT2D eigenvalue weighted by atomic mass is 10.1. The van der Waals surface area contributed by atoms with Gasteiger partial charge in [0.05, 0.1) is 16.4 Å². The standard InChI is InChI=1S/C22H15Cl2F3N4O3S/c1-35(32,33)18-16(19-28-29-20(34-19)21(10-11-21)22(25,26)27)30-31(15-5-3-2-4-14(15)24)17(18)12-6-8-13(23)9-7-12/h2-9H,10-11H2,1H3. The summed E-state index contributed by atoms with van der Waals surface area (Å²) < 4.78 is 73.5. The van der Waals surface area contributed by atoms with E-state index in [4.69, 9.17) is 27.6 Å². The lowest BCUT2D eigenvalue weighted by molar-refractivity contribution is -0.165. The van der Waals surface area contributed by atoms with E-state index in [0.717, 1.165) is 6.26 Å². The van der Waals surface area contributed by atoms with Gasteiger partial charge in [-0.15, -0.1) is 10.2 Å². The molecule has 7 nitrogen and oxygen atoms in total. The van der Waals surface area contributed by atoms with Gasteiger partial charge in [-0.2, -0.15) is 18.3 Å². The van der Waals surface area contributed by atoms with E-state index in [9.17, 15) is 21.6 Å². The van der Waals surface area contributed by atoms with Crippen molar-refractivity contribution in [3.8, 4) is 28.5 Å². The van der Waals surface area contributed by atoms with Crippen molar-refractivity contribution in [3.05, 3.63) is 64.5 Å². The zero-order valence-corrected chi connectivity index (χ0v) is 20.2. The van der Waals surface area contributed by atoms with Gasteiger partial charge in [-0.1, -0.05) is 47.5 Å². The molecular weight excluding hydrogens is 528 g/mol. The largest absolute Gasteiger partial charge is 0.418 e. The fourth-order valence-electron chi connectivity index (χ4n) is 3.81. The third-order valence-corrected chi connectivity index (χ3v) is 7.44. The Bertz CT molecular complexity index is 1540. The van der Waals surface area contributed by atoms with Crippen LogP contribution < -0.4 is 0 Å². The van der Waals surface area contributed by atoms with Crippen LogP contribution in [0.1, 0.15) is 18.7 Å².